The molecule has 0 unspecified atom stereocenters. The molecule has 0 aromatic carbocycles. The maximum absolute atomic E-state index is 14.5. The number of amides is 1. The number of carbonyl (C=O) groups excluding carboxylic acids is 5. The lowest BCUT2D eigenvalue weighted by atomic mass is 9.78. The Labute approximate surface area is 428 Å². The topological polar surface area (TPSA) is 225 Å². The highest BCUT2D eigenvalue weighted by molar-refractivity contribution is 6.39. The summed E-state index contributed by atoms with van der Waals surface area (Å²) in [5.74, 6) is -8.19. The predicted octanol–water partition coefficient (Wildman–Crippen LogP) is 6.20. The number of carbonyl (C=O) groups is 5. The number of piperidine rings is 1. The minimum atomic E-state index is -2.45. The number of allylic oxidation sites excluding steroid dienone is 6. The van der Waals surface area contributed by atoms with Crippen LogP contribution in [0.15, 0.2) is 47.6 Å². The third-order valence-electron chi connectivity index (χ3n) is 15.9. The van der Waals surface area contributed by atoms with Gasteiger partial charge in [0.1, 0.15) is 30.1 Å². The van der Waals surface area contributed by atoms with E-state index in [1.165, 1.54) is 12.0 Å². The number of fused-ring (bicyclic) bond motifs is 3. The van der Waals surface area contributed by atoms with Crippen LogP contribution >= 0.6 is 0 Å². The number of rotatable bonds is 11. The molecule has 0 spiro atoms. The second-order valence-corrected chi connectivity index (χ2v) is 22.0. The first-order chi connectivity index (χ1) is 34.1. The van der Waals surface area contributed by atoms with Crippen molar-refractivity contribution < 1.29 is 72.8 Å². The fraction of sp³-hybridized carbons (Fsp3) is 0.768. The Hall–Kier alpha value is -3.45. The van der Waals surface area contributed by atoms with E-state index in [9.17, 15) is 44.4 Å². The second-order valence-electron chi connectivity index (χ2n) is 22.0. The van der Waals surface area contributed by atoms with Gasteiger partial charge in [0.2, 0.25) is 5.79 Å². The highest BCUT2D eigenvalue weighted by atomic mass is 16.6. The number of ether oxygens (including phenoxy) is 6. The van der Waals surface area contributed by atoms with Crippen molar-refractivity contribution in [1.82, 2.24) is 4.90 Å². The number of aliphatic hydroxyl groups is 4. The number of Topliss-reactive ketones (excluding diaryl/α,β-unsaturated/α-hetero) is 3. The summed E-state index contributed by atoms with van der Waals surface area (Å²) in [6, 6.07) is -1.17. The molecule has 0 aromatic rings. The van der Waals surface area contributed by atoms with Gasteiger partial charge in [-0.3, -0.25) is 19.2 Å². The molecule has 1 amide bonds. The van der Waals surface area contributed by atoms with E-state index in [1.807, 2.05) is 58.1 Å². The van der Waals surface area contributed by atoms with E-state index >= 15 is 0 Å². The van der Waals surface area contributed by atoms with Crippen LogP contribution in [0.25, 0.3) is 0 Å². The van der Waals surface area contributed by atoms with E-state index in [0.717, 1.165) is 12.0 Å². The Morgan fingerprint density at radius 1 is 0.847 bits per heavy atom. The van der Waals surface area contributed by atoms with Crippen molar-refractivity contribution in [1.29, 1.82) is 0 Å². The molecule has 3 fully saturated rings. The van der Waals surface area contributed by atoms with Crippen molar-refractivity contribution in [2.75, 3.05) is 47.7 Å². The van der Waals surface area contributed by atoms with Crippen LogP contribution in [-0.4, -0.2) is 157 Å². The third-order valence-corrected chi connectivity index (χ3v) is 15.9. The summed E-state index contributed by atoms with van der Waals surface area (Å²) in [5.41, 5.74) is 0.439. The van der Waals surface area contributed by atoms with Crippen molar-refractivity contribution in [3.05, 3.63) is 47.6 Å². The maximum atomic E-state index is 14.5. The molecule has 1 aliphatic carbocycles. The first kappa shape index (κ1) is 61.1. The summed E-state index contributed by atoms with van der Waals surface area (Å²) >= 11 is 0. The minimum absolute atomic E-state index is 0.00630. The molecular weight excluding hydrogens is 927 g/mol. The van der Waals surface area contributed by atoms with Crippen LogP contribution in [0.5, 0.6) is 0 Å². The Morgan fingerprint density at radius 2 is 1.56 bits per heavy atom. The van der Waals surface area contributed by atoms with Crippen LogP contribution < -0.4 is 0 Å². The first-order valence-electron chi connectivity index (χ1n) is 26.4. The van der Waals surface area contributed by atoms with Crippen LogP contribution in [-0.2, 0) is 52.4 Å². The number of cyclic esters (lactones) is 1. The lowest BCUT2D eigenvalue weighted by Crippen LogP contribution is -2.61. The van der Waals surface area contributed by atoms with Gasteiger partial charge < -0.3 is 53.7 Å². The van der Waals surface area contributed by atoms with Gasteiger partial charge in [0.25, 0.3) is 11.7 Å². The van der Waals surface area contributed by atoms with E-state index in [1.54, 1.807) is 48.0 Å². The highest BCUT2D eigenvalue weighted by Gasteiger charge is 2.53. The van der Waals surface area contributed by atoms with E-state index < -0.39 is 83.2 Å². The number of nitrogens with zero attached hydrogens (tertiary/aromatic N) is 1. The van der Waals surface area contributed by atoms with Gasteiger partial charge in [-0.2, -0.15) is 0 Å². The van der Waals surface area contributed by atoms with Gasteiger partial charge >= 0.3 is 5.97 Å². The zero-order valence-corrected chi connectivity index (χ0v) is 45.1. The van der Waals surface area contributed by atoms with Crippen molar-refractivity contribution >= 4 is 29.2 Å². The summed E-state index contributed by atoms with van der Waals surface area (Å²) in [7, 11) is 4.56. The third kappa shape index (κ3) is 16.3. The molecule has 16 heteroatoms. The average Bonchev–Trinajstić information content (AvgIpc) is 3.37. The Bertz CT molecular complexity index is 1930. The quantitative estimate of drug-likeness (QED) is 0.103. The fourth-order valence-corrected chi connectivity index (χ4v) is 10.7. The summed E-state index contributed by atoms with van der Waals surface area (Å²) in [4.78, 5) is 72.5. The van der Waals surface area contributed by atoms with Gasteiger partial charge in [-0.25, -0.2) is 4.79 Å². The van der Waals surface area contributed by atoms with E-state index in [2.05, 4.69) is 0 Å². The number of hydrogen-bond acceptors (Lipinski definition) is 15. The Balaban J connectivity index is 1.69. The summed E-state index contributed by atoms with van der Waals surface area (Å²) in [6.07, 6.45) is 11.4. The average molecular weight is 1020 g/mol. The predicted molar refractivity (Wildman–Crippen MR) is 271 cm³/mol. The smallest absolute Gasteiger partial charge is 0.329 e. The molecule has 0 radical (unpaired) electrons. The number of ketones is 3. The number of esters is 1. The monoisotopic (exact) mass is 1020 g/mol. The molecule has 4 rings (SSSR count). The number of aliphatic hydroxyl groups excluding tert-OH is 3. The fourth-order valence-electron chi connectivity index (χ4n) is 10.7. The zero-order chi connectivity index (χ0) is 53.5. The second kappa shape index (κ2) is 28.4. The molecule has 15 atom stereocenters. The van der Waals surface area contributed by atoms with Crippen LogP contribution in [0.2, 0.25) is 0 Å². The first-order valence-corrected chi connectivity index (χ1v) is 26.4. The summed E-state index contributed by atoms with van der Waals surface area (Å²) in [5, 5.41) is 43.2. The molecule has 16 nitrogen and oxygen atoms in total. The lowest BCUT2D eigenvalue weighted by molar-refractivity contribution is -0.265. The van der Waals surface area contributed by atoms with Crippen molar-refractivity contribution in [2.24, 2.45) is 40.9 Å². The van der Waals surface area contributed by atoms with Gasteiger partial charge in [0.15, 0.2) is 5.78 Å². The van der Waals surface area contributed by atoms with E-state index in [4.69, 9.17) is 28.4 Å². The van der Waals surface area contributed by atoms with Crippen LogP contribution in [0.4, 0.5) is 0 Å². The van der Waals surface area contributed by atoms with Crippen molar-refractivity contribution in [3.8, 4) is 0 Å². The molecule has 0 aromatic heterocycles. The van der Waals surface area contributed by atoms with Gasteiger partial charge in [0, 0.05) is 63.9 Å². The van der Waals surface area contributed by atoms with Gasteiger partial charge in [-0.05, 0) is 107 Å². The highest BCUT2D eigenvalue weighted by Crippen LogP contribution is 2.38. The van der Waals surface area contributed by atoms with Crippen LogP contribution in [0.1, 0.15) is 132 Å². The standard InChI is InChI=1S/C56H89NO15/c1-34-17-13-12-14-18-35(2)46(67-9)29-42-22-20-40(7)56(66,72-42)52(63)53(64)57-24-16-15-19-43(57)54(65)71-47(30-44(60)36(3)26-39(6)50(62)51(69-11)49(61)38(5)25-34)37(4)27-41-21-23-45(48(28-41)68-10)70-33-55(8,31-58)32-59/h12-14,17-18,26,34,36-38,40-43,45-48,50-51,58-59,62,66H,15-16,19-25,27-33H2,1-11H3/b14-12+,17-13+,35-18+,39-26+/t34-,36-,37-,38-,40-,41+,42+,43+,45+,46+,47+,48-,50-,51+,56-/m1/s1. The van der Waals surface area contributed by atoms with E-state index in [-0.39, 0.29) is 80.7 Å². The van der Waals surface area contributed by atoms with Gasteiger partial charge in [0.05, 0.1) is 44.2 Å². The summed E-state index contributed by atoms with van der Waals surface area (Å²) in [6.45, 7) is 14.1. The van der Waals surface area contributed by atoms with Crippen molar-refractivity contribution in [2.45, 2.75) is 187 Å². The molecule has 3 heterocycles. The Kier molecular flexibility index (Phi) is 24.1. The minimum Gasteiger partial charge on any atom is -0.460 e. The molecule has 4 N–H and O–H groups in total. The molecule has 3 aliphatic heterocycles. The normalized spacial score (nSPS) is 37.9. The van der Waals surface area contributed by atoms with Crippen LogP contribution in [0.3, 0.4) is 0 Å². The molecule has 2 saturated heterocycles. The van der Waals surface area contributed by atoms with Crippen LogP contribution in [0, 0.1) is 40.9 Å². The molecule has 2 bridgehead atoms. The SMILES string of the molecule is CO[C@H]1C[C@@H]2CC[C@@H](C)[C@@](O)(O2)C(=O)C(=O)N2CCCC[C@H]2C(=O)O[C@H]([C@H](C)C[C@@H]2CC[C@H](OCC(C)(CO)CO)[C@H](OC)C2)CC(=O)[C@H](C)/C=C(\C)[C@@H](O)[C@@H](OC)C(=O)[C@H](C)C[C@H](C)/C=C/C=C/C=C/1C. The number of hydrogen-bond donors (Lipinski definition) is 4. The van der Waals surface area contributed by atoms with E-state index in [0.29, 0.717) is 63.4 Å². The summed E-state index contributed by atoms with van der Waals surface area (Å²) < 4.78 is 36.0. The lowest BCUT2D eigenvalue weighted by Gasteiger charge is -2.42. The molecule has 72 heavy (non-hydrogen) atoms. The van der Waals surface area contributed by atoms with Gasteiger partial charge in [-0.15, -0.1) is 0 Å². The molecule has 1 saturated carbocycles. The van der Waals surface area contributed by atoms with Crippen molar-refractivity contribution in [3.63, 3.8) is 0 Å². The molecule has 4 aliphatic rings. The van der Waals surface area contributed by atoms with Gasteiger partial charge in [-0.1, -0.05) is 78.0 Å². The largest absolute Gasteiger partial charge is 0.460 e. The maximum Gasteiger partial charge on any atom is 0.329 e. The zero-order valence-electron chi connectivity index (χ0n) is 45.1. The number of methoxy groups -OCH3 is 3. The molecular formula is C56H89NO15. The Morgan fingerprint density at radius 3 is 2.21 bits per heavy atom. The molecule has 408 valence electrons.